The Morgan fingerprint density at radius 2 is 1.94 bits per heavy atom. The van der Waals surface area contributed by atoms with Gasteiger partial charge in [-0.1, -0.05) is 37.6 Å². The number of hydrogen-bond donors (Lipinski definition) is 0. The topological polar surface area (TPSA) is 0 Å². The van der Waals surface area contributed by atoms with E-state index in [4.69, 9.17) is 0 Å². The maximum Gasteiger partial charge on any atom is -0.0128 e. The van der Waals surface area contributed by atoms with Crippen LogP contribution in [0.2, 0.25) is 0 Å². The minimum atomic E-state index is 0.702. The fourth-order valence-electron chi connectivity index (χ4n) is 5.51. The fourth-order valence-corrected chi connectivity index (χ4v) is 5.51. The Kier molecular flexibility index (Phi) is 2.37. The minimum Gasteiger partial charge on any atom is -0.0620 e. The van der Waals surface area contributed by atoms with E-state index in [1.165, 1.54) is 44.9 Å². The van der Waals surface area contributed by atoms with E-state index in [9.17, 15) is 0 Å². The summed E-state index contributed by atoms with van der Waals surface area (Å²) in [5.74, 6) is 2.93. The molecule has 0 unspecified atom stereocenters. The molecule has 96 valence electrons. The van der Waals surface area contributed by atoms with Gasteiger partial charge in [0.2, 0.25) is 0 Å². The highest BCUT2D eigenvalue weighted by atomic mass is 14.5. The summed E-state index contributed by atoms with van der Waals surface area (Å²) in [5.41, 5.74) is 4.07. The first-order valence-corrected chi connectivity index (χ1v) is 7.86. The molecule has 0 N–H and O–H groups in total. The molecule has 2 fully saturated rings. The molecule has 0 aliphatic heterocycles. The van der Waals surface area contributed by atoms with Gasteiger partial charge in [-0.05, 0) is 72.8 Å². The Labute approximate surface area is 111 Å². The number of fused-ring (bicyclic) bond motifs is 5. The third-order valence-corrected chi connectivity index (χ3v) is 6.42. The SMILES string of the molecule is C[C@@]12CCC[C@H]1[C@@H]1CCc3ccccc3[C@@H]1CC2. The molecule has 1 aromatic rings. The quantitative estimate of drug-likeness (QED) is 0.603. The molecule has 0 bridgehead atoms. The van der Waals surface area contributed by atoms with Crippen LogP contribution in [-0.4, -0.2) is 0 Å². The van der Waals surface area contributed by atoms with E-state index in [1.54, 1.807) is 11.1 Å². The molecule has 0 aromatic heterocycles. The Balaban J connectivity index is 1.73. The number of rotatable bonds is 0. The molecule has 18 heavy (non-hydrogen) atoms. The molecule has 4 rings (SSSR count). The van der Waals surface area contributed by atoms with Crippen molar-refractivity contribution in [1.29, 1.82) is 0 Å². The molecule has 0 nitrogen and oxygen atoms in total. The average Bonchev–Trinajstić information content (AvgIpc) is 2.80. The first-order valence-electron chi connectivity index (χ1n) is 7.86. The monoisotopic (exact) mass is 240 g/mol. The van der Waals surface area contributed by atoms with Gasteiger partial charge in [0.25, 0.3) is 0 Å². The summed E-state index contributed by atoms with van der Waals surface area (Å²) < 4.78 is 0. The third kappa shape index (κ3) is 1.44. The molecule has 0 amide bonds. The molecule has 3 aliphatic rings. The smallest absolute Gasteiger partial charge is 0.0128 e. The zero-order valence-electron chi connectivity index (χ0n) is 11.5. The number of hydrogen-bond acceptors (Lipinski definition) is 0. The lowest BCUT2D eigenvalue weighted by atomic mass is 9.56. The maximum atomic E-state index is 2.58. The molecule has 4 atom stereocenters. The highest BCUT2D eigenvalue weighted by Crippen LogP contribution is 2.60. The van der Waals surface area contributed by atoms with E-state index < -0.39 is 0 Å². The van der Waals surface area contributed by atoms with Crippen molar-refractivity contribution >= 4 is 0 Å². The van der Waals surface area contributed by atoms with Gasteiger partial charge < -0.3 is 0 Å². The number of aryl methyl sites for hydroxylation is 1. The molecule has 1 aromatic carbocycles. The Bertz CT molecular complexity index is 461. The van der Waals surface area contributed by atoms with Crippen LogP contribution in [0.4, 0.5) is 0 Å². The maximum absolute atomic E-state index is 2.58. The summed E-state index contributed by atoms with van der Waals surface area (Å²) in [6, 6.07) is 9.27. The van der Waals surface area contributed by atoms with E-state index in [-0.39, 0.29) is 0 Å². The zero-order valence-corrected chi connectivity index (χ0v) is 11.5. The second-order valence-corrected chi connectivity index (χ2v) is 7.20. The van der Waals surface area contributed by atoms with Crippen LogP contribution in [0.1, 0.15) is 62.5 Å². The van der Waals surface area contributed by atoms with Crippen molar-refractivity contribution in [3.8, 4) is 0 Å². The van der Waals surface area contributed by atoms with Gasteiger partial charge >= 0.3 is 0 Å². The lowest BCUT2D eigenvalue weighted by molar-refractivity contribution is 0.0598. The van der Waals surface area contributed by atoms with Crippen LogP contribution in [0.3, 0.4) is 0 Å². The van der Waals surface area contributed by atoms with Gasteiger partial charge in [-0.15, -0.1) is 0 Å². The third-order valence-electron chi connectivity index (χ3n) is 6.42. The van der Waals surface area contributed by atoms with Gasteiger partial charge in [-0.3, -0.25) is 0 Å². The van der Waals surface area contributed by atoms with E-state index >= 15 is 0 Å². The largest absolute Gasteiger partial charge is 0.0620 e. The van der Waals surface area contributed by atoms with Crippen molar-refractivity contribution in [2.75, 3.05) is 0 Å². The van der Waals surface area contributed by atoms with Crippen molar-refractivity contribution in [1.82, 2.24) is 0 Å². The summed E-state index contributed by atoms with van der Waals surface area (Å²) in [7, 11) is 0. The van der Waals surface area contributed by atoms with Crippen LogP contribution in [0.25, 0.3) is 0 Å². The van der Waals surface area contributed by atoms with Crippen LogP contribution in [0, 0.1) is 17.3 Å². The van der Waals surface area contributed by atoms with E-state index in [0.717, 1.165) is 17.8 Å². The predicted molar refractivity (Wildman–Crippen MR) is 75.7 cm³/mol. The van der Waals surface area contributed by atoms with Crippen LogP contribution in [0.15, 0.2) is 24.3 Å². The Morgan fingerprint density at radius 3 is 2.89 bits per heavy atom. The fraction of sp³-hybridized carbons (Fsp3) is 0.667. The molecule has 2 saturated carbocycles. The molecule has 0 heterocycles. The highest BCUT2D eigenvalue weighted by Gasteiger charge is 2.49. The average molecular weight is 240 g/mol. The first-order chi connectivity index (χ1) is 8.78. The Hall–Kier alpha value is -0.780. The molecule has 0 spiro atoms. The van der Waals surface area contributed by atoms with Gasteiger partial charge in [0.15, 0.2) is 0 Å². The van der Waals surface area contributed by atoms with E-state index in [2.05, 4.69) is 31.2 Å². The van der Waals surface area contributed by atoms with Crippen LogP contribution >= 0.6 is 0 Å². The van der Waals surface area contributed by atoms with Crippen LogP contribution in [-0.2, 0) is 6.42 Å². The summed E-state index contributed by atoms with van der Waals surface area (Å²) in [4.78, 5) is 0. The van der Waals surface area contributed by atoms with E-state index in [1.807, 2.05) is 0 Å². The van der Waals surface area contributed by atoms with Crippen molar-refractivity contribution < 1.29 is 0 Å². The molecule has 0 radical (unpaired) electrons. The predicted octanol–water partition coefficient (Wildman–Crippen LogP) is 4.93. The summed E-state index contributed by atoms with van der Waals surface area (Å²) in [6.07, 6.45) is 10.2. The summed E-state index contributed by atoms with van der Waals surface area (Å²) in [6.45, 7) is 2.58. The van der Waals surface area contributed by atoms with Crippen LogP contribution < -0.4 is 0 Å². The summed E-state index contributed by atoms with van der Waals surface area (Å²) in [5, 5.41) is 0. The lowest BCUT2D eigenvalue weighted by Crippen LogP contribution is -2.39. The zero-order chi connectivity index (χ0) is 12.2. The second-order valence-electron chi connectivity index (χ2n) is 7.20. The first kappa shape index (κ1) is 11.1. The van der Waals surface area contributed by atoms with Crippen molar-refractivity contribution in [3.63, 3.8) is 0 Å². The van der Waals surface area contributed by atoms with Crippen molar-refractivity contribution in [3.05, 3.63) is 35.4 Å². The standard InChI is InChI=1S/C18H24/c1-18-11-4-7-17(18)16-9-8-13-5-2-3-6-14(13)15(16)10-12-18/h2-3,5-6,15-17H,4,7-12H2,1H3/t15-,16+,17-,18-/m0/s1. The van der Waals surface area contributed by atoms with E-state index in [0.29, 0.717) is 5.41 Å². The van der Waals surface area contributed by atoms with Gasteiger partial charge in [0.1, 0.15) is 0 Å². The highest BCUT2D eigenvalue weighted by molar-refractivity contribution is 5.34. The Morgan fingerprint density at radius 1 is 1.06 bits per heavy atom. The van der Waals surface area contributed by atoms with Gasteiger partial charge in [-0.25, -0.2) is 0 Å². The number of benzene rings is 1. The lowest BCUT2D eigenvalue weighted by Gasteiger charge is -2.49. The summed E-state index contributed by atoms with van der Waals surface area (Å²) >= 11 is 0. The normalized spacial score (nSPS) is 41.9. The van der Waals surface area contributed by atoms with Crippen molar-refractivity contribution in [2.45, 2.75) is 57.8 Å². The van der Waals surface area contributed by atoms with Gasteiger partial charge in [0.05, 0.1) is 0 Å². The van der Waals surface area contributed by atoms with Crippen molar-refractivity contribution in [2.24, 2.45) is 17.3 Å². The molecular formula is C18H24. The minimum absolute atomic E-state index is 0.702. The van der Waals surface area contributed by atoms with Crippen LogP contribution in [0.5, 0.6) is 0 Å². The van der Waals surface area contributed by atoms with Gasteiger partial charge in [0, 0.05) is 0 Å². The second kappa shape index (κ2) is 3.85. The molecule has 3 aliphatic carbocycles. The molecule has 0 heteroatoms. The molecule has 0 saturated heterocycles. The van der Waals surface area contributed by atoms with Gasteiger partial charge in [-0.2, -0.15) is 0 Å². The molecular weight excluding hydrogens is 216 g/mol.